The van der Waals surface area contributed by atoms with Crippen LogP contribution in [0.4, 0.5) is 0 Å². The highest BCUT2D eigenvalue weighted by Crippen LogP contribution is 2.44. The van der Waals surface area contributed by atoms with Crippen molar-refractivity contribution in [1.82, 2.24) is 0 Å². The minimum absolute atomic E-state index is 0.443. The van der Waals surface area contributed by atoms with E-state index in [4.69, 9.17) is 18.6 Å². The van der Waals surface area contributed by atoms with Crippen LogP contribution in [0.3, 0.4) is 0 Å². The van der Waals surface area contributed by atoms with Crippen LogP contribution in [0.5, 0.6) is 0 Å². The number of allylic oxidation sites excluding steroid dienone is 4. The van der Waals surface area contributed by atoms with Gasteiger partial charge in [-0.2, -0.15) is 0 Å². The van der Waals surface area contributed by atoms with Crippen LogP contribution in [0.25, 0.3) is 0 Å². The molecule has 0 radical (unpaired) electrons. The molecule has 2 aromatic carbocycles. The van der Waals surface area contributed by atoms with E-state index in [9.17, 15) is 0 Å². The summed E-state index contributed by atoms with van der Waals surface area (Å²) in [5.74, 6) is 0. The van der Waals surface area contributed by atoms with E-state index in [1.54, 1.807) is 0 Å². The van der Waals surface area contributed by atoms with E-state index in [1.807, 2.05) is 0 Å². The maximum Gasteiger partial charge on any atom is 0.494 e. The molecule has 2 heterocycles. The first-order valence-electron chi connectivity index (χ1n) is 14.0. The summed E-state index contributed by atoms with van der Waals surface area (Å²) in [6, 6.07) is 21.2. The number of rotatable bonds is 9. The Morgan fingerprint density at radius 3 is 1.11 bits per heavy atom. The summed E-state index contributed by atoms with van der Waals surface area (Å²) in [6.07, 6.45) is 8.13. The van der Waals surface area contributed by atoms with Crippen molar-refractivity contribution in [3.8, 4) is 0 Å². The van der Waals surface area contributed by atoms with E-state index in [-0.39, 0.29) is 0 Å². The Morgan fingerprint density at radius 2 is 0.816 bits per heavy atom. The van der Waals surface area contributed by atoms with Crippen LogP contribution >= 0.6 is 0 Å². The van der Waals surface area contributed by atoms with E-state index < -0.39 is 36.6 Å². The van der Waals surface area contributed by atoms with Gasteiger partial charge in [0.25, 0.3) is 0 Å². The second-order valence-corrected chi connectivity index (χ2v) is 12.5. The molecule has 0 saturated carbocycles. The first kappa shape index (κ1) is 28.9. The average Bonchev–Trinajstić information content (AvgIpc) is 3.20. The summed E-state index contributed by atoms with van der Waals surface area (Å²) >= 11 is 0. The first-order valence-corrected chi connectivity index (χ1v) is 14.0. The average molecular weight is 514 g/mol. The van der Waals surface area contributed by atoms with Crippen molar-refractivity contribution < 1.29 is 18.6 Å². The molecule has 0 aromatic heterocycles. The van der Waals surface area contributed by atoms with Gasteiger partial charge >= 0.3 is 14.2 Å². The van der Waals surface area contributed by atoms with E-state index in [0.29, 0.717) is 0 Å². The van der Waals surface area contributed by atoms with Crippen molar-refractivity contribution in [2.24, 2.45) is 0 Å². The van der Waals surface area contributed by atoms with Crippen LogP contribution < -0.4 is 0 Å². The van der Waals surface area contributed by atoms with Crippen molar-refractivity contribution in [3.63, 3.8) is 0 Å². The van der Waals surface area contributed by atoms with Gasteiger partial charge in [-0.1, -0.05) is 72.8 Å². The number of hydrogen-bond acceptors (Lipinski definition) is 4. The van der Waals surface area contributed by atoms with Gasteiger partial charge in [0.2, 0.25) is 0 Å². The van der Waals surface area contributed by atoms with Crippen molar-refractivity contribution in [1.29, 1.82) is 0 Å². The maximum atomic E-state index is 6.60. The molecule has 2 fully saturated rings. The minimum Gasteiger partial charge on any atom is -0.399 e. The van der Waals surface area contributed by atoms with Gasteiger partial charge in [-0.05, 0) is 103 Å². The monoisotopic (exact) mass is 514 g/mol. The molecule has 0 bridgehead atoms. The second-order valence-electron chi connectivity index (χ2n) is 12.5. The van der Waals surface area contributed by atoms with Gasteiger partial charge < -0.3 is 18.6 Å². The molecule has 4 rings (SSSR count). The van der Waals surface area contributed by atoms with Gasteiger partial charge in [0.05, 0.1) is 22.4 Å². The Labute approximate surface area is 231 Å². The summed E-state index contributed by atoms with van der Waals surface area (Å²) in [6.45, 7) is 16.8. The fourth-order valence-electron chi connectivity index (χ4n) is 4.72. The quantitative estimate of drug-likeness (QED) is 0.259. The first-order chi connectivity index (χ1) is 17.8. The molecule has 0 unspecified atom stereocenters. The van der Waals surface area contributed by atoms with Gasteiger partial charge in [0, 0.05) is 0 Å². The Hall–Kier alpha value is -2.11. The summed E-state index contributed by atoms with van der Waals surface area (Å²) in [5, 5.41) is 0. The normalized spacial score (nSPS) is 22.2. The molecule has 0 aliphatic carbocycles. The third-order valence-electron chi connectivity index (χ3n) is 8.63. The fourth-order valence-corrected chi connectivity index (χ4v) is 4.72. The van der Waals surface area contributed by atoms with Gasteiger partial charge in [-0.25, -0.2) is 0 Å². The van der Waals surface area contributed by atoms with Crippen molar-refractivity contribution in [3.05, 3.63) is 94.9 Å². The highest BCUT2D eigenvalue weighted by molar-refractivity contribution is 6.66. The molecule has 38 heavy (non-hydrogen) atoms. The largest absolute Gasteiger partial charge is 0.494 e. The number of hydrogen-bond donors (Lipinski definition) is 0. The van der Waals surface area contributed by atoms with Crippen LogP contribution in [-0.2, 0) is 31.5 Å². The zero-order chi connectivity index (χ0) is 27.6. The predicted molar refractivity (Wildman–Crippen MR) is 158 cm³/mol. The summed E-state index contributed by atoms with van der Waals surface area (Å²) in [5.41, 5.74) is 2.85. The molecular weight excluding hydrogens is 470 g/mol. The SMILES string of the molecule is CC1(C)OB(C(=C\CCc2ccccc2)/C(=C/CCc2ccccc2)B2OC(C)(C)C(C)(C)O2)OC1(C)C. The summed E-state index contributed by atoms with van der Waals surface area (Å²) < 4.78 is 26.4. The Balaban J connectivity index is 1.69. The summed E-state index contributed by atoms with van der Waals surface area (Å²) in [7, 11) is -1.00. The molecule has 202 valence electrons. The minimum atomic E-state index is -0.502. The standard InChI is InChI=1S/C32H44B2O4/c1-29(2)30(3,4)36-33(35-29)27(23-15-21-25-17-11-9-12-18-25)28(24-16-22-26-19-13-10-14-20-26)34-37-31(5,6)32(7,8)38-34/h9-14,17-20,23-24H,15-16,21-22H2,1-8H3/b27-23-,28-24-. The number of aryl methyl sites for hydroxylation is 2. The van der Waals surface area contributed by atoms with Crippen LogP contribution in [0, 0.1) is 0 Å². The molecule has 0 amide bonds. The van der Waals surface area contributed by atoms with Gasteiger partial charge in [0.1, 0.15) is 0 Å². The predicted octanol–water partition coefficient (Wildman–Crippen LogP) is 7.37. The molecule has 2 aliphatic heterocycles. The molecule has 6 heteroatoms. The fraction of sp³-hybridized carbons (Fsp3) is 0.500. The molecule has 0 atom stereocenters. The second kappa shape index (κ2) is 11.2. The van der Waals surface area contributed by atoms with E-state index in [1.165, 1.54) is 11.1 Å². The molecule has 2 aliphatic rings. The lowest BCUT2D eigenvalue weighted by atomic mass is 9.60. The highest BCUT2D eigenvalue weighted by Gasteiger charge is 2.57. The molecule has 4 nitrogen and oxygen atoms in total. The third kappa shape index (κ3) is 6.37. The van der Waals surface area contributed by atoms with Crippen LogP contribution in [0.2, 0.25) is 0 Å². The molecule has 2 aromatic rings. The third-order valence-corrected chi connectivity index (χ3v) is 8.63. The van der Waals surface area contributed by atoms with Gasteiger partial charge in [-0.3, -0.25) is 0 Å². The van der Waals surface area contributed by atoms with Gasteiger partial charge in [-0.15, -0.1) is 0 Å². The van der Waals surface area contributed by atoms with Crippen LogP contribution in [0.1, 0.15) is 79.4 Å². The Bertz CT molecular complexity index is 1010. The van der Waals surface area contributed by atoms with E-state index in [0.717, 1.165) is 36.6 Å². The zero-order valence-corrected chi connectivity index (χ0v) is 24.5. The zero-order valence-electron chi connectivity index (χ0n) is 24.5. The van der Waals surface area contributed by atoms with Crippen molar-refractivity contribution in [2.45, 2.75) is 103 Å². The van der Waals surface area contributed by atoms with Crippen LogP contribution in [0.15, 0.2) is 83.8 Å². The summed E-state index contributed by atoms with van der Waals surface area (Å²) in [4.78, 5) is 0. The van der Waals surface area contributed by atoms with Crippen molar-refractivity contribution in [2.75, 3.05) is 0 Å². The molecular formula is C32H44B2O4. The smallest absolute Gasteiger partial charge is 0.399 e. The highest BCUT2D eigenvalue weighted by atomic mass is 16.7. The van der Waals surface area contributed by atoms with Crippen molar-refractivity contribution >= 4 is 14.2 Å². The van der Waals surface area contributed by atoms with Gasteiger partial charge in [0.15, 0.2) is 0 Å². The van der Waals surface area contributed by atoms with E-state index >= 15 is 0 Å². The maximum absolute atomic E-state index is 6.60. The molecule has 0 N–H and O–H groups in total. The Kier molecular flexibility index (Phi) is 8.49. The topological polar surface area (TPSA) is 36.9 Å². The lowest BCUT2D eigenvalue weighted by molar-refractivity contribution is 0.00578. The Morgan fingerprint density at radius 1 is 0.526 bits per heavy atom. The van der Waals surface area contributed by atoms with Crippen LogP contribution in [-0.4, -0.2) is 36.6 Å². The van der Waals surface area contributed by atoms with E-state index in [2.05, 4.69) is 128 Å². The lowest BCUT2D eigenvalue weighted by Crippen LogP contribution is -2.41. The lowest BCUT2D eigenvalue weighted by Gasteiger charge is -2.32. The number of benzene rings is 2. The molecule has 2 saturated heterocycles. The molecule has 0 spiro atoms.